The normalized spacial score (nSPS) is 24.1. The Morgan fingerprint density at radius 1 is 1.29 bits per heavy atom. The summed E-state index contributed by atoms with van der Waals surface area (Å²) in [7, 11) is 0. The van der Waals surface area contributed by atoms with E-state index in [1.54, 1.807) is 31.2 Å². The molecular formula is C20H24Cl2N4O2. The maximum Gasteiger partial charge on any atom is 0.260 e. The number of aryl methyl sites for hydroxylation is 1. The third kappa shape index (κ3) is 3.43. The maximum absolute atomic E-state index is 12.9. The molecule has 2 aliphatic rings. The second-order valence-corrected chi connectivity index (χ2v) is 8.55. The fourth-order valence-corrected chi connectivity index (χ4v) is 4.67. The van der Waals surface area contributed by atoms with Crippen LogP contribution >= 0.6 is 23.2 Å². The number of hydrogen-bond acceptors (Lipinski definition) is 5. The molecule has 28 heavy (non-hydrogen) atoms. The summed E-state index contributed by atoms with van der Waals surface area (Å²) in [6.07, 6.45) is 2.76. The molecule has 0 bridgehead atoms. The van der Waals surface area contributed by atoms with Crippen LogP contribution in [0.2, 0.25) is 10.0 Å². The highest BCUT2D eigenvalue weighted by Gasteiger charge is 2.45. The number of benzene rings is 1. The Morgan fingerprint density at radius 2 is 2.00 bits per heavy atom. The van der Waals surface area contributed by atoms with Crippen molar-refractivity contribution in [1.29, 1.82) is 0 Å². The van der Waals surface area contributed by atoms with Crippen molar-refractivity contribution in [2.24, 2.45) is 5.73 Å². The van der Waals surface area contributed by atoms with E-state index in [2.05, 4.69) is 9.88 Å². The summed E-state index contributed by atoms with van der Waals surface area (Å²) >= 11 is 12.4. The first-order valence-corrected chi connectivity index (χ1v) is 10.3. The molecule has 0 amide bonds. The van der Waals surface area contributed by atoms with E-state index in [9.17, 15) is 4.79 Å². The standard InChI is InChI=1S/C20H24Cl2N4O2/c1-12-15(23)11-20(28-12)6-8-25(9-7-20)17-10-18(27)26(13(2)24-17)16-5-3-4-14(21)19(16)22/h3-5,10,12,15H,6-9,11,23H2,1-2H3/t12-,15-/m0/s1. The van der Waals surface area contributed by atoms with Crippen molar-refractivity contribution < 1.29 is 4.74 Å². The lowest BCUT2D eigenvalue weighted by atomic mass is 9.87. The van der Waals surface area contributed by atoms with Crippen LogP contribution in [0.5, 0.6) is 0 Å². The number of nitrogens with two attached hydrogens (primary N) is 1. The topological polar surface area (TPSA) is 73.4 Å². The molecule has 0 aliphatic carbocycles. The van der Waals surface area contributed by atoms with E-state index in [4.69, 9.17) is 33.7 Å². The number of ether oxygens (including phenoxy) is 1. The zero-order valence-electron chi connectivity index (χ0n) is 16.0. The van der Waals surface area contributed by atoms with E-state index in [1.165, 1.54) is 4.57 Å². The van der Waals surface area contributed by atoms with Gasteiger partial charge in [0.2, 0.25) is 0 Å². The fourth-order valence-electron chi connectivity index (χ4n) is 4.29. The van der Waals surface area contributed by atoms with Gasteiger partial charge in [0.1, 0.15) is 11.6 Å². The molecule has 3 heterocycles. The van der Waals surface area contributed by atoms with Crippen molar-refractivity contribution in [3.8, 4) is 5.69 Å². The van der Waals surface area contributed by atoms with E-state index in [1.807, 2.05) is 6.92 Å². The predicted molar refractivity (Wildman–Crippen MR) is 112 cm³/mol. The minimum atomic E-state index is -0.181. The lowest BCUT2D eigenvalue weighted by Crippen LogP contribution is -2.45. The van der Waals surface area contributed by atoms with E-state index < -0.39 is 0 Å². The number of nitrogens with zero attached hydrogens (tertiary/aromatic N) is 3. The number of aromatic nitrogens is 2. The molecule has 2 aliphatic heterocycles. The first kappa shape index (κ1) is 19.7. The molecule has 2 fully saturated rings. The van der Waals surface area contributed by atoms with E-state index >= 15 is 0 Å². The Balaban J connectivity index is 1.58. The lowest BCUT2D eigenvalue weighted by molar-refractivity contribution is -0.0500. The number of piperidine rings is 1. The first-order valence-electron chi connectivity index (χ1n) is 9.53. The van der Waals surface area contributed by atoms with Gasteiger partial charge in [0.25, 0.3) is 5.56 Å². The van der Waals surface area contributed by atoms with Gasteiger partial charge < -0.3 is 15.4 Å². The molecule has 8 heteroatoms. The van der Waals surface area contributed by atoms with Crippen molar-refractivity contribution in [1.82, 2.24) is 9.55 Å². The molecular weight excluding hydrogens is 399 g/mol. The van der Waals surface area contributed by atoms with E-state index in [0.717, 1.165) is 32.4 Å². The summed E-state index contributed by atoms with van der Waals surface area (Å²) in [5.41, 5.74) is 6.37. The quantitative estimate of drug-likeness (QED) is 0.803. The van der Waals surface area contributed by atoms with Gasteiger partial charge in [-0.2, -0.15) is 0 Å². The highest BCUT2D eigenvalue weighted by Crippen LogP contribution is 2.39. The highest BCUT2D eigenvalue weighted by molar-refractivity contribution is 6.43. The van der Waals surface area contributed by atoms with Crippen LogP contribution in [0.15, 0.2) is 29.1 Å². The Kier molecular flexibility index (Phi) is 5.16. The van der Waals surface area contributed by atoms with Crippen LogP contribution in [0.25, 0.3) is 5.69 Å². The lowest BCUT2D eigenvalue weighted by Gasteiger charge is -2.39. The van der Waals surface area contributed by atoms with Gasteiger partial charge in [0.15, 0.2) is 0 Å². The minimum absolute atomic E-state index is 0.0956. The fraction of sp³-hybridized carbons (Fsp3) is 0.500. The van der Waals surface area contributed by atoms with Crippen LogP contribution in [0.4, 0.5) is 5.82 Å². The molecule has 4 rings (SSSR count). The molecule has 2 N–H and O–H groups in total. The molecule has 1 spiro atoms. The van der Waals surface area contributed by atoms with Gasteiger partial charge in [-0.25, -0.2) is 4.98 Å². The Morgan fingerprint density at radius 3 is 2.61 bits per heavy atom. The largest absolute Gasteiger partial charge is 0.370 e. The molecule has 1 aromatic heterocycles. The summed E-state index contributed by atoms with van der Waals surface area (Å²) in [5.74, 6) is 1.25. The first-order chi connectivity index (χ1) is 13.3. The van der Waals surface area contributed by atoms with Gasteiger partial charge >= 0.3 is 0 Å². The van der Waals surface area contributed by atoms with Crippen molar-refractivity contribution in [2.75, 3.05) is 18.0 Å². The zero-order valence-corrected chi connectivity index (χ0v) is 17.5. The Bertz CT molecular complexity index is 942. The molecule has 6 nitrogen and oxygen atoms in total. The second-order valence-electron chi connectivity index (χ2n) is 7.77. The number of halogens is 2. The van der Waals surface area contributed by atoms with Gasteiger partial charge in [-0.15, -0.1) is 0 Å². The Hall–Kier alpha value is -1.60. The van der Waals surface area contributed by atoms with Crippen molar-refractivity contribution in [3.63, 3.8) is 0 Å². The van der Waals surface area contributed by atoms with Gasteiger partial charge in [-0.05, 0) is 45.2 Å². The van der Waals surface area contributed by atoms with Crippen LogP contribution in [-0.4, -0.2) is 40.4 Å². The average Bonchev–Trinajstić information content (AvgIpc) is 2.92. The number of hydrogen-bond donors (Lipinski definition) is 1. The second kappa shape index (κ2) is 7.34. The number of anilines is 1. The minimum Gasteiger partial charge on any atom is -0.370 e. The van der Waals surface area contributed by atoms with Crippen molar-refractivity contribution in [3.05, 3.63) is 50.5 Å². The van der Waals surface area contributed by atoms with Crippen LogP contribution < -0.4 is 16.2 Å². The van der Waals surface area contributed by atoms with Crippen molar-refractivity contribution in [2.45, 2.75) is 50.9 Å². The van der Waals surface area contributed by atoms with Gasteiger partial charge in [-0.1, -0.05) is 29.3 Å². The molecule has 150 valence electrons. The molecule has 2 aromatic rings. The third-order valence-electron chi connectivity index (χ3n) is 5.89. The molecule has 0 radical (unpaired) electrons. The molecule has 2 atom stereocenters. The molecule has 2 saturated heterocycles. The molecule has 1 aromatic carbocycles. The van der Waals surface area contributed by atoms with Crippen LogP contribution in [0, 0.1) is 6.92 Å². The zero-order chi connectivity index (χ0) is 20.1. The van der Waals surface area contributed by atoms with Crippen molar-refractivity contribution >= 4 is 29.0 Å². The van der Waals surface area contributed by atoms with Gasteiger partial charge in [0.05, 0.1) is 27.4 Å². The summed E-state index contributed by atoms with van der Waals surface area (Å²) in [6, 6.07) is 6.87. The highest BCUT2D eigenvalue weighted by atomic mass is 35.5. The smallest absolute Gasteiger partial charge is 0.260 e. The van der Waals surface area contributed by atoms with E-state index in [0.29, 0.717) is 27.4 Å². The van der Waals surface area contributed by atoms with E-state index in [-0.39, 0.29) is 23.3 Å². The summed E-state index contributed by atoms with van der Waals surface area (Å²) in [5, 5.41) is 0.743. The van der Waals surface area contributed by atoms with Gasteiger partial charge in [-0.3, -0.25) is 9.36 Å². The summed E-state index contributed by atoms with van der Waals surface area (Å²) in [4.78, 5) is 19.7. The molecule has 0 saturated carbocycles. The summed E-state index contributed by atoms with van der Waals surface area (Å²) < 4.78 is 7.66. The number of rotatable bonds is 2. The summed E-state index contributed by atoms with van der Waals surface area (Å²) in [6.45, 7) is 5.41. The molecule has 0 unspecified atom stereocenters. The van der Waals surface area contributed by atoms with Crippen LogP contribution in [-0.2, 0) is 4.74 Å². The van der Waals surface area contributed by atoms with Crippen LogP contribution in [0.1, 0.15) is 32.0 Å². The SMILES string of the molecule is Cc1nc(N2CCC3(CC2)C[C@H](N)[C@H](C)O3)cc(=O)n1-c1cccc(Cl)c1Cl. The average molecular weight is 423 g/mol. The van der Waals surface area contributed by atoms with Gasteiger partial charge in [0, 0.05) is 25.2 Å². The maximum atomic E-state index is 12.9. The van der Waals surface area contributed by atoms with Crippen LogP contribution in [0.3, 0.4) is 0 Å². The third-order valence-corrected chi connectivity index (χ3v) is 6.70. The Labute approximate surface area is 174 Å². The predicted octanol–water partition coefficient (Wildman–Crippen LogP) is 3.32. The monoisotopic (exact) mass is 422 g/mol.